The number of hydrogen-bond acceptors (Lipinski definition) is 3. The number of thioether (sulfide) groups is 1. The molecule has 0 aliphatic carbocycles. The molecule has 0 saturated carbocycles. The smallest absolute Gasteiger partial charge is 0.251 e. The molecule has 3 nitrogen and oxygen atoms in total. The number of pyridine rings is 1. The molecule has 0 radical (unpaired) electrons. The molecular weight excluding hydrogens is 256 g/mol. The second kappa shape index (κ2) is 5.29. The molecule has 2 aromatic rings. The van der Waals surface area contributed by atoms with Crippen LogP contribution in [0.3, 0.4) is 0 Å². The van der Waals surface area contributed by atoms with Gasteiger partial charge in [0.25, 0.3) is 5.56 Å². The van der Waals surface area contributed by atoms with Crippen LogP contribution in [0.15, 0.2) is 52.3 Å². The average molecular weight is 267 g/mol. The summed E-state index contributed by atoms with van der Waals surface area (Å²) in [6.07, 6.45) is 1.75. The number of nitrogens with two attached hydrogens (primary N) is 1. The highest BCUT2D eigenvalue weighted by Gasteiger charge is 2.01. The third-order valence-corrected chi connectivity index (χ3v) is 3.56. The van der Waals surface area contributed by atoms with Gasteiger partial charge < -0.3 is 10.3 Å². The molecule has 2 rings (SSSR count). The molecule has 0 unspecified atom stereocenters. The molecule has 2 N–H and O–H groups in total. The molecule has 1 aromatic carbocycles. The Morgan fingerprint density at radius 3 is 2.82 bits per heavy atom. The lowest BCUT2D eigenvalue weighted by atomic mass is 10.3. The zero-order chi connectivity index (χ0) is 12.3. The van der Waals surface area contributed by atoms with Crippen LogP contribution < -0.4 is 11.3 Å². The summed E-state index contributed by atoms with van der Waals surface area (Å²) in [7, 11) is 0. The van der Waals surface area contributed by atoms with Crippen molar-refractivity contribution in [2.75, 3.05) is 5.73 Å². The number of aromatic nitrogens is 1. The van der Waals surface area contributed by atoms with E-state index in [9.17, 15) is 4.79 Å². The van der Waals surface area contributed by atoms with Gasteiger partial charge in [0.2, 0.25) is 0 Å². The Kier molecular flexibility index (Phi) is 3.76. The maximum Gasteiger partial charge on any atom is 0.251 e. The predicted octanol–water partition coefficient (Wildman–Crippen LogP) is 2.83. The molecule has 0 atom stereocenters. The van der Waals surface area contributed by atoms with Gasteiger partial charge in [0.1, 0.15) is 0 Å². The Morgan fingerprint density at radius 1 is 1.29 bits per heavy atom. The van der Waals surface area contributed by atoms with Crippen LogP contribution in [0.1, 0.15) is 0 Å². The molecular formula is C12H11ClN2OS. The van der Waals surface area contributed by atoms with Crippen LogP contribution >= 0.6 is 23.4 Å². The van der Waals surface area contributed by atoms with E-state index in [4.69, 9.17) is 17.3 Å². The molecule has 0 aliphatic rings. The summed E-state index contributed by atoms with van der Waals surface area (Å²) in [5, 5.41) is 0.615. The van der Waals surface area contributed by atoms with E-state index in [1.807, 2.05) is 12.1 Å². The van der Waals surface area contributed by atoms with Crippen molar-refractivity contribution in [1.82, 2.24) is 4.57 Å². The van der Waals surface area contributed by atoms with Gasteiger partial charge in [-0.15, -0.1) is 11.8 Å². The first-order valence-corrected chi connectivity index (χ1v) is 6.36. The monoisotopic (exact) mass is 266 g/mol. The largest absolute Gasteiger partial charge is 0.398 e. The summed E-state index contributed by atoms with van der Waals surface area (Å²) in [6, 6.07) is 10.4. The second-order valence-electron chi connectivity index (χ2n) is 3.46. The van der Waals surface area contributed by atoms with Gasteiger partial charge in [0.05, 0.1) is 5.88 Å². The Labute approximate surface area is 108 Å². The molecule has 5 heteroatoms. The van der Waals surface area contributed by atoms with Crippen molar-refractivity contribution in [3.05, 3.63) is 58.0 Å². The van der Waals surface area contributed by atoms with Crippen LogP contribution in [0.2, 0.25) is 5.02 Å². The third-order valence-electron chi connectivity index (χ3n) is 2.23. The first-order chi connectivity index (χ1) is 8.16. The molecule has 88 valence electrons. The number of nitrogen functional groups attached to an aromatic ring is 1. The third kappa shape index (κ3) is 3.05. The standard InChI is InChI=1S/C12H11ClN2OS/c13-9-4-5-11(10(14)7-9)17-8-15-6-2-1-3-12(15)16/h1-7H,8,14H2. The van der Waals surface area contributed by atoms with E-state index in [1.54, 1.807) is 29.0 Å². The summed E-state index contributed by atoms with van der Waals surface area (Å²) < 4.78 is 1.62. The molecule has 17 heavy (non-hydrogen) atoms. The summed E-state index contributed by atoms with van der Waals surface area (Å²) in [5.74, 6) is 0.533. The van der Waals surface area contributed by atoms with Crippen LogP contribution in [0.5, 0.6) is 0 Å². The SMILES string of the molecule is Nc1cc(Cl)ccc1SCn1ccccc1=O. The van der Waals surface area contributed by atoms with E-state index in [0.717, 1.165) is 4.90 Å². The van der Waals surface area contributed by atoms with Gasteiger partial charge in [-0.05, 0) is 24.3 Å². The number of hydrogen-bond donors (Lipinski definition) is 1. The van der Waals surface area contributed by atoms with Gasteiger partial charge in [0.15, 0.2) is 0 Å². The maximum atomic E-state index is 11.5. The minimum Gasteiger partial charge on any atom is -0.398 e. The maximum absolute atomic E-state index is 11.5. The van der Waals surface area contributed by atoms with Crippen LogP contribution in [-0.4, -0.2) is 4.57 Å². The molecule has 1 aromatic heterocycles. The Hall–Kier alpha value is -1.39. The number of benzene rings is 1. The predicted molar refractivity (Wildman–Crippen MR) is 72.4 cm³/mol. The van der Waals surface area contributed by atoms with Gasteiger partial charge in [-0.25, -0.2) is 0 Å². The van der Waals surface area contributed by atoms with Gasteiger partial charge in [-0.2, -0.15) is 0 Å². The van der Waals surface area contributed by atoms with E-state index >= 15 is 0 Å². The molecule has 0 spiro atoms. The summed E-state index contributed by atoms with van der Waals surface area (Å²) in [5.41, 5.74) is 6.44. The normalized spacial score (nSPS) is 10.4. The fraction of sp³-hybridized carbons (Fsp3) is 0.0833. The van der Waals surface area contributed by atoms with Crippen molar-refractivity contribution < 1.29 is 0 Å². The van der Waals surface area contributed by atoms with Gasteiger partial charge in [0, 0.05) is 27.9 Å². The highest BCUT2D eigenvalue weighted by Crippen LogP contribution is 2.28. The zero-order valence-corrected chi connectivity index (χ0v) is 10.5. The van der Waals surface area contributed by atoms with Crippen molar-refractivity contribution in [3.8, 4) is 0 Å². The van der Waals surface area contributed by atoms with Gasteiger partial charge in [-0.3, -0.25) is 4.79 Å². The number of rotatable bonds is 3. The Balaban J connectivity index is 2.13. The van der Waals surface area contributed by atoms with Crippen molar-refractivity contribution in [3.63, 3.8) is 0 Å². The van der Waals surface area contributed by atoms with E-state index in [2.05, 4.69) is 0 Å². The fourth-order valence-electron chi connectivity index (χ4n) is 1.36. The first-order valence-electron chi connectivity index (χ1n) is 5.00. The fourth-order valence-corrected chi connectivity index (χ4v) is 2.42. The van der Waals surface area contributed by atoms with E-state index in [0.29, 0.717) is 16.6 Å². The van der Waals surface area contributed by atoms with Crippen LogP contribution in [0, 0.1) is 0 Å². The highest BCUT2D eigenvalue weighted by molar-refractivity contribution is 7.98. The first kappa shape index (κ1) is 12.1. The molecule has 0 bridgehead atoms. The molecule has 0 amide bonds. The number of halogens is 1. The summed E-state index contributed by atoms with van der Waals surface area (Å²) in [6.45, 7) is 0. The van der Waals surface area contributed by atoms with Crippen molar-refractivity contribution in [2.24, 2.45) is 0 Å². The zero-order valence-electron chi connectivity index (χ0n) is 8.97. The molecule has 0 fully saturated rings. The van der Waals surface area contributed by atoms with E-state index < -0.39 is 0 Å². The van der Waals surface area contributed by atoms with Crippen molar-refractivity contribution in [2.45, 2.75) is 10.8 Å². The summed E-state index contributed by atoms with van der Waals surface area (Å²) >= 11 is 7.32. The van der Waals surface area contributed by atoms with Gasteiger partial charge >= 0.3 is 0 Å². The Bertz CT molecular complexity index is 583. The van der Waals surface area contributed by atoms with Gasteiger partial charge in [-0.1, -0.05) is 17.7 Å². The summed E-state index contributed by atoms with van der Waals surface area (Å²) in [4.78, 5) is 12.4. The highest BCUT2D eigenvalue weighted by atomic mass is 35.5. The van der Waals surface area contributed by atoms with E-state index in [1.165, 1.54) is 17.8 Å². The molecule has 0 saturated heterocycles. The van der Waals surface area contributed by atoms with Crippen LogP contribution in [-0.2, 0) is 5.88 Å². The topological polar surface area (TPSA) is 48.0 Å². The Morgan fingerprint density at radius 2 is 2.12 bits per heavy atom. The van der Waals surface area contributed by atoms with E-state index in [-0.39, 0.29) is 5.56 Å². The minimum atomic E-state index is -0.0208. The number of nitrogens with zero attached hydrogens (tertiary/aromatic N) is 1. The lowest BCUT2D eigenvalue weighted by Crippen LogP contribution is -2.16. The second-order valence-corrected chi connectivity index (χ2v) is 4.89. The lowest BCUT2D eigenvalue weighted by molar-refractivity contribution is 0.839. The average Bonchev–Trinajstić information content (AvgIpc) is 2.30. The number of anilines is 1. The van der Waals surface area contributed by atoms with Crippen molar-refractivity contribution in [1.29, 1.82) is 0 Å². The van der Waals surface area contributed by atoms with Crippen LogP contribution in [0.4, 0.5) is 5.69 Å². The molecule has 0 aliphatic heterocycles. The molecule has 1 heterocycles. The lowest BCUT2D eigenvalue weighted by Gasteiger charge is -2.07. The quantitative estimate of drug-likeness (QED) is 0.686. The minimum absolute atomic E-state index is 0.0208. The van der Waals surface area contributed by atoms with Crippen molar-refractivity contribution >= 4 is 29.1 Å². The van der Waals surface area contributed by atoms with Crippen LogP contribution in [0.25, 0.3) is 0 Å².